The molecule has 0 bridgehead atoms. The Hall–Kier alpha value is -2.37. The Kier molecular flexibility index (Phi) is 6.63. The first-order valence-electron chi connectivity index (χ1n) is 8.99. The summed E-state index contributed by atoms with van der Waals surface area (Å²) in [5.41, 5.74) is 2.22. The summed E-state index contributed by atoms with van der Waals surface area (Å²) >= 11 is 0. The predicted octanol–water partition coefficient (Wildman–Crippen LogP) is 3.03. The number of likely N-dealkylation sites (tertiary alicyclic amines) is 1. The van der Waals surface area contributed by atoms with Gasteiger partial charge in [0.25, 0.3) is 0 Å². The largest absolute Gasteiger partial charge is 0.445 e. The molecule has 5 nitrogen and oxygen atoms in total. The summed E-state index contributed by atoms with van der Waals surface area (Å²) in [6, 6.07) is 20.1. The van der Waals surface area contributed by atoms with Gasteiger partial charge in [-0.15, -0.1) is 0 Å². The summed E-state index contributed by atoms with van der Waals surface area (Å²) < 4.78 is 10.6. The standard InChI is InChI=1S/C21H26N2O3/c1-25-13-12-23-14-19(18-10-6-3-7-11-18)20(15-23)22-21(24)26-16-17-8-4-2-5-9-17/h2-11,19-20H,12-16H2,1H3,(H,22,24)/t19-,20+/m0/s1. The highest BCUT2D eigenvalue weighted by Crippen LogP contribution is 2.27. The molecule has 2 aromatic rings. The fourth-order valence-corrected chi connectivity index (χ4v) is 3.39. The van der Waals surface area contributed by atoms with Gasteiger partial charge in [-0.05, 0) is 11.1 Å². The quantitative estimate of drug-likeness (QED) is 0.830. The molecule has 0 radical (unpaired) electrons. The van der Waals surface area contributed by atoms with Gasteiger partial charge in [-0.25, -0.2) is 4.79 Å². The van der Waals surface area contributed by atoms with Crippen LogP contribution in [0.15, 0.2) is 60.7 Å². The molecule has 1 saturated heterocycles. The topological polar surface area (TPSA) is 50.8 Å². The number of amides is 1. The molecular formula is C21H26N2O3. The van der Waals surface area contributed by atoms with Crippen LogP contribution in [0.25, 0.3) is 0 Å². The average molecular weight is 354 g/mol. The van der Waals surface area contributed by atoms with E-state index in [0.29, 0.717) is 6.61 Å². The van der Waals surface area contributed by atoms with Gasteiger partial charge in [-0.2, -0.15) is 0 Å². The van der Waals surface area contributed by atoms with Gasteiger partial charge in [0.1, 0.15) is 6.61 Å². The highest BCUT2D eigenvalue weighted by Gasteiger charge is 2.34. The third-order valence-corrected chi connectivity index (χ3v) is 4.75. The van der Waals surface area contributed by atoms with Crippen LogP contribution in [0.5, 0.6) is 0 Å². The van der Waals surface area contributed by atoms with Gasteiger partial charge in [0.15, 0.2) is 0 Å². The molecule has 1 aliphatic heterocycles. The Morgan fingerprint density at radius 2 is 1.77 bits per heavy atom. The Morgan fingerprint density at radius 3 is 2.46 bits per heavy atom. The molecule has 0 aliphatic carbocycles. The van der Waals surface area contributed by atoms with E-state index in [1.165, 1.54) is 5.56 Å². The number of hydrogen-bond donors (Lipinski definition) is 1. The SMILES string of the molecule is COCCN1C[C@@H](NC(=O)OCc2ccccc2)[C@H](c2ccccc2)C1. The van der Waals surface area contributed by atoms with Gasteiger partial charge in [0.05, 0.1) is 12.6 Å². The molecule has 3 rings (SSSR count). The number of rotatable bonds is 7. The van der Waals surface area contributed by atoms with E-state index >= 15 is 0 Å². The van der Waals surface area contributed by atoms with Crippen LogP contribution in [0, 0.1) is 0 Å². The Morgan fingerprint density at radius 1 is 1.08 bits per heavy atom. The van der Waals surface area contributed by atoms with Crippen LogP contribution in [0.4, 0.5) is 4.79 Å². The van der Waals surface area contributed by atoms with Crippen molar-refractivity contribution in [1.82, 2.24) is 10.2 Å². The molecular weight excluding hydrogens is 328 g/mol. The zero-order valence-corrected chi connectivity index (χ0v) is 15.1. The zero-order valence-electron chi connectivity index (χ0n) is 15.1. The van der Waals surface area contributed by atoms with Crippen LogP contribution in [0.1, 0.15) is 17.0 Å². The molecule has 0 spiro atoms. The van der Waals surface area contributed by atoms with Gasteiger partial charge >= 0.3 is 6.09 Å². The first kappa shape index (κ1) is 18.4. The minimum absolute atomic E-state index is 0.0255. The lowest BCUT2D eigenvalue weighted by molar-refractivity contribution is 0.134. The normalized spacial score (nSPS) is 20.0. The zero-order chi connectivity index (χ0) is 18.2. The van der Waals surface area contributed by atoms with Crippen LogP contribution < -0.4 is 5.32 Å². The maximum atomic E-state index is 12.3. The van der Waals surface area contributed by atoms with E-state index in [-0.39, 0.29) is 24.7 Å². The molecule has 2 aromatic carbocycles. The van der Waals surface area contributed by atoms with E-state index in [4.69, 9.17) is 9.47 Å². The molecule has 1 N–H and O–H groups in total. The maximum Gasteiger partial charge on any atom is 0.407 e. The molecule has 26 heavy (non-hydrogen) atoms. The van der Waals surface area contributed by atoms with E-state index in [1.54, 1.807) is 7.11 Å². The second-order valence-electron chi connectivity index (χ2n) is 6.58. The molecule has 1 amide bonds. The molecule has 0 saturated carbocycles. The summed E-state index contributed by atoms with van der Waals surface area (Å²) in [4.78, 5) is 14.6. The summed E-state index contributed by atoms with van der Waals surface area (Å²) in [6.45, 7) is 3.52. The van der Waals surface area contributed by atoms with Crippen LogP contribution in [0.3, 0.4) is 0 Å². The van der Waals surface area contributed by atoms with Crippen molar-refractivity contribution in [2.45, 2.75) is 18.6 Å². The smallest absolute Gasteiger partial charge is 0.407 e. The number of methoxy groups -OCH3 is 1. The van der Waals surface area contributed by atoms with Crippen molar-refractivity contribution < 1.29 is 14.3 Å². The highest BCUT2D eigenvalue weighted by atomic mass is 16.5. The van der Waals surface area contributed by atoms with E-state index in [9.17, 15) is 4.79 Å². The van der Waals surface area contributed by atoms with Crippen LogP contribution in [0.2, 0.25) is 0 Å². The molecule has 1 fully saturated rings. The molecule has 0 unspecified atom stereocenters. The molecule has 138 valence electrons. The fourth-order valence-electron chi connectivity index (χ4n) is 3.39. The lowest BCUT2D eigenvalue weighted by atomic mass is 9.94. The van der Waals surface area contributed by atoms with Gasteiger partial charge in [-0.3, -0.25) is 4.90 Å². The summed E-state index contributed by atoms with van der Waals surface area (Å²) in [6.07, 6.45) is -0.367. The minimum atomic E-state index is -0.367. The molecule has 0 aromatic heterocycles. The van der Waals surface area contributed by atoms with E-state index in [0.717, 1.165) is 25.2 Å². The number of benzene rings is 2. The minimum Gasteiger partial charge on any atom is -0.445 e. The fraction of sp³-hybridized carbons (Fsp3) is 0.381. The number of nitrogens with zero attached hydrogens (tertiary/aromatic N) is 1. The van der Waals surface area contributed by atoms with Gasteiger partial charge in [0, 0.05) is 32.7 Å². The van der Waals surface area contributed by atoms with Crippen molar-refractivity contribution in [2.24, 2.45) is 0 Å². The van der Waals surface area contributed by atoms with Crippen LogP contribution in [-0.4, -0.2) is 50.4 Å². The average Bonchev–Trinajstić information content (AvgIpc) is 3.09. The molecule has 1 aliphatic rings. The number of nitrogens with one attached hydrogen (secondary N) is 1. The molecule has 2 atom stereocenters. The Balaban J connectivity index is 1.60. The maximum absolute atomic E-state index is 12.3. The van der Waals surface area contributed by atoms with Crippen molar-refractivity contribution in [3.8, 4) is 0 Å². The lowest BCUT2D eigenvalue weighted by Crippen LogP contribution is -2.40. The van der Waals surface area contributed by atoms with Crippen molar-refractivity contribution in [1.29, 1.82) is 0 Å². The number of ether oxygens (including phenoxy) is 2. The highest BCUT2D eigenvalue weighted by molar-refractivity contribution is 5.68. The van der Waals surface area contributed by atoms with E-state index in [1.807, 2.05) is 48.5 Å². The van der Waals surface area contributed by atoms with E-state index in [2.05, 4.69) is 22.3 Å². The Labute approximate surface area is 154 Å². The number of carbonyl (C=O) groups excluding carboxylic acids is 1. The summed E-state index contributed by atoms with van der Waals surface area (Å²) in [5, 5.41) is 3.06. The van der Waals surface area contributed by atoms with Crippen LogP contribution >= 0.6 is 0 Å². The van der Waals surface area contributed by atoms with Crippen molar-refractivity contribution >= 4 is 6.09 Å². The monoisotopic (exact) mass is 354 g/mol. The molecule has 5 heteroatoms. The number of carbonyl (C=O) groups is 1. The van der Waals surface area contributed by atoms with E-state index < -0.39 is 0 Å². The van der Waals surface area contributed by atoms with Crippen LogP contribution in [-0.2, 0) is 16.1 Å². The second-order valence-corrected chi connectivity index (χ2v) is 6.58. The van der Waals surface area contributed by atoms with Crippen molar-refractivity contribution in [3.05, 3.63) is 71.8 Å². The third-order valence-electron chi connectivity index (χ3n) is 4.75. The third kappa shape index (κ3) is 5.07. The van der Waals surface area contributed by atoms with Crippen molar-refractivity contribution in [2.75, 3.05) is 33.4 Å². The summed E-state index contributed by atoms with van der Waals surface area (Å²) in [5.74, 6) is 0.248. The second kappa shape index (κ2) is 9.36. The predicted molar refractivity (Wildman–Crippen MR) is 101 cm³/mol. The van der Waals surface area contributed by atoms with Gasteiger partial charge in [-0.1, -0.05) is 60.7 Å². The molecule has 1 heterocycles. The first-order chi connectivity index (χ1) is 12.8. The van der Waals surface area contributed by atoms with Gasteiger partial charge < -0.3 is 14.8 Å². The van der Waals surface area contributed by atoms with Gasteiger partial charge in [0.2, 0.25) is 0 Å². The lowest BCUT2D eigenvalue weighted by Gasteiger charge is -2.20. The summed E-state index contributed by atoms with van der Waals surface area (Å²) in [7, 11) is 1.71. The van der Waals surface area contributed by atoms with Crippen molar-refractivity contribution in [3.63, 3.8) is 0 Å². The first-order valence-corrected chi connectivity index (χ1v) is 8.99. The number of alkyl carbamates (subject to hydrolysis) is 1. The Bertz CT molecular complexity index is 678. The number of hydrogen-bond acceptors (Lipinski definition) is 4.